The predicted octanol–water partition coefficient (Wildman–Crippen LogP) is 16.3. The first-order valence-corrected chi connectivity index (χ1v) is 20.8. The van der Waals surface area contributed by atoms with Crippen LogP contribution in [0.4, 0.5) is 17.1 Å². The van der Waals surface area contributed by atoms with Gasteiger partial charge in [-0.25, -0.2) is 0 Å². The second-order valence-electron chi connectivity index (χ2n) is 15.7. The third kappa shape index (κ3) is 5.90. The molecule has 0 saturated heterocycles. The lowest BCUT2D eigenvalue weighted by molar-refractivity contribution is 0.669. The Morgan fingerprint density at radius 3 is 1.54 bits per heavy atom. The number of fused-ring (bicyclic) bond motifs is 7. The summed E-state index contributed by atoms with van der Waals surface area (Å²) in [5, 5.41) is 7.16. The largest absolute Gasteiger partial charge is 0.456 e. The van der Waals surface area contributed by atoms with Crippen LogP contribution in [-0.4, -0.2) is 4.57 Å². The van der Waals surface area contributed by atoms with Crippen LogP contribution in [0.25, 0.3) is 93.6 Å². The number of para-hydroxylation sites is 2. The minimum Gasteiger partial charge on any atom is -0.456 e. The number of rotatable bonds is 7. The van der Waals surface area contributed by atoms with Gasteiger partial charge in [0.15, 0.2) is 0 Å². The van der Waals surface area contributed by atoms with Gasteiger partial charge in [0.25, 0.3) is 0 Å². The van der Waals surface area contributed by atoms with Crippen molar-refractivity contribution in [1.82, 2.24) is 4.57 Å². The van der Waals surface area contributed by atoms with E-state index in [0.29, 0.717) is 0 Å². The zero-order valence-corrected chi connectivity index (χ0v) is 33.2. The molecule has 0 N–H and O–H groups in total. The summed E-state index contributed by atoms with van der Waals surface area (Å²) >= 11 is 0. The van der Waals surface area contributed by atoms with Gasteiger partial charge < -0.3 is 13.9 Å². The van der Waals surface area contributed by atoms with E-state index in [1.807, 2.05) is 6.07 Å². The lowest BCUT2D eigenvalue weighted by Gasteiger charge is -2.26. The maximum atomic E-state index is 6.69. The van der Waals surface area contributed by atoms with Crippen LogP contribution in [0, 0.1) is 0 Å². The molecule has 0 aliphatic rings. The average Bonchev–Trinajstić information content (AvgIpc) is 3.87. The molecule has 0 aliphatic heterocycles. The summed E-state index contributed by atoms with van der Waals surface area (Å²) in [6.45, 7) is 0. The third-order valence-electron chi connectivity index (χ3n) is 12.2. The van der Waals surface area contributed by atoms with Crippen molar-refractivity contribution >= 4 is 71.6 Å². The van der Waals surface area contributed by atoms with Crippen molar-refractivity contribution in [3.8, 4) is 39.1 Å². The molecule has 12 aromatic rings. The van der Waals surface area contributed by atoms with Crippen molar-refractivity contribution in [2.45, 2.75) is 0 Å². The molecule has 0 fully saturated rings. The molecule has 0 unspecified atom stereocenters. The molecule has 0 spiro atoms. The second kappa shape index (κ2) is 14.3. The first kappa shape index (κ1) is 34.9. The minimum atomic E-state index is 0.849. The molecule has 10 aromatic carbocycles. The summed E-state index contributed by atoms with van der Waals surface area (Å²) in [7, 11) is 0. The average molecular weight is 779 g/mol. The minimum absolute atomic E-state index is 0.849. The van der Waals surface area contributed by atoms with Gasteiger partial charge in [0, 0.05) is 50.4 Å². The van der Waals surface area contributed by atoms with Gasteiger partial charge in [0.05, 0.1) is 11.0 Å². The van der Waals surface area contributed by atoms with Gasteiger partial charge in [-0.05, 0) is 111 Å². The van der Waals surface area contributed by atoms with Gasteiger partial charge >= 0.3 is 0 Å². The topological polar surface area (TPSA) is 21.3 Å². The standard InChI is InChI=1S/C58H38N2O/c1-3-14-39(15-4-1)43-30-34-52-53-35-33-47(38-57(53)61-56(52)36-43)59(45-20-13-21-46(37-45)60-54-26-9-7-22-50(54)51-23-8-10-27-55(51)60)44-31-28-41(29-32-44)49-25-12-19-42-18-11-24-48(58(42)49)40-16-5-2-6-17-40/h1-38H. The molecule has 2 aromatic heterocycles. The molecule has 0 amide bonds. The van der Waals surface area contributed by atoms with E-state index in [9.17, 15) is 0 Å². The van der Waals surface area contributed by atoms with Crippen molar-refractivity contribution in [3.05, 3.63) is 231 Å². The van der Waals surface area contributed by atoms with Gasteiger partial charge in [0.1, 0.15) is 11.2 Å². The molecular weight excluding hydrogens is 741 g/mol. The number of hydrogen-bond acceptors (Lipinski definition) is 2. The Balaban J connectivity index is 1.02. The third-order valence-corrected chi connectivity index (χ3v) is 12.2. The zero-order valence-electron chi connectivity index (χ0n) is 33.2. The summed E-state index contributed by atoms with van der Waals surface area (Å²) in [4.78, 5) is 2.35. The predicted molar refractivity (Wildman–Crippen MR) is 257 cm³/mol. The molecule has 2 heterocycles. The zero-order chi connectivity index (χ0) is 40.3. The van der Waals surface area contributed by atoms with Crippen LogP contribution in [0.2, 0.25) is 0 Å². The van der Waals surface area contributed by atoms with E-state index in [-0.39, 0.29) is 0 Å². The molecule has 0 saturated carbocycles. The van der Waals surface area contributed by atoms with E-state index in [0.717, 1.165) is 50.3 Å². The van der Waals surface area contributed by atoms with E-state index < -0.39 is 0 Å². The van der Waals surface area contributed by atoms with Crippen molar-refractivity contribution in [2.75, 3.05) is 4.90 Å². The van der Waals surface area contributed by atoms with Gasteiger partial charge in [0.2, 0.25) is 0 Å². The Hall–Kier alpha value is -8.14. The van der Waals surface area contributed by atoms with Crippen LogP contribution in [0.1, 0.15) is 0 Å². The summed E-state index contributed by atoms with van der Waals surface area (Å²) < 4.78 is 9.07. The van der Waals surface area contributed by atoms with Crippen LogP contribution < -0.4 is 4.90 Å². The lowest BCUT2D eigenvalue weighted by atomic mass is 9.91. The van der Waals surface area contributed by atoms with Gasteiger partial charge in [-0.2, -0.15) is 0 Å². The molecular formula is C58H38N2O. The Labute approximate surface area is 353 Å². The van der Waals surface area contributed by atoms with E-state index in [4.69, 9.17) is 4.42 Å². The monoisotopic (exact) mass is 778 g/mol. The van der Waals surface area contributed by atoms with Crippen LogP contribution in [0.15, 0.2) is 235 Å². The first-order chi connectivity index (χ1) is 30.2. The molecule has 286 valence electrons. The number of aromatic nitrogens is 1. The highest BCUT2D eigenvalue weighted by atomic mass is 16.3. The van der Waals surface area contributed by atoms with Crippen molar-refractivity contribution < 1.29 is 4.42 Å². The summed E-state index contributed by atoms with van der Waals surface area (Å²) in [5.74, 6) is 0. The Kier molecular flexibility index (Phi) is 8.17. The Morgan fingerprint density at radius 2 is 0.852 bits per heavy atom. The number of hydrogen-bond donors (Lipinski definition) is 0. The molecule has 0 aliphatic carbocycles. The van der Waals surface area contributed by atoms with E-state index in [1.54, 1.807) is 0 Å². The van der Waals surface area contributed by atoms with Gasteiger partial charge in [-0.1, -0.05) is 158 Å². The smallest absolute Gasteiger partial charge is 0.137 e. The summed E-state index contributed by atoms with van der Waals surface area (Å²) in [6, 6.07) is 82.8. The highest BCUT2D eigenvalue weighted by molar-refractivity contribution is 6.10. The van der Waals surface area contributed by atoms with E-state index >= 15 is 0 Å². The molecule has 0 atom stereocenters. The molecule has 12 rings (SSSR count). The highest BCUT2D eigenvalue weighted by Gasteiger charge is 2.19. The number of furan rings is 1. The quantitative estimate of drug-likeness (QED) is 0.161. The molecule has 3 nitrogen and oxygen atoms in total. The maximum Gasteiger partial charge on any atom is 0.137 e. The van der Waals surface area contributed by atoms with E-state index in [2.05, 4.69) is 234 Å². The highest BCUT2D eigenvalue weighted by Crippen LogP contribution is 2.43. The SMILES string of the molecule is c1ccc(-c2ccc3c(c2)oc2cc(N(c4ccc(-c5cccc6cccc(-c7ccccc7)c56)cc4)c4cccc(-n5c6ccccc6c6ccccc65)c4)ccc23)cc1. The lowest BCUT2D eigenvalue weighted by Crippen LogP contribution is -2.10. The molecule has 0 bridgehead atoms. The van der Waals surface area contributed by atoms with Crippen LogP contribution in [0.5, 0.6) is 0 Å². The first-order valence-electron chi connectivity index (χ1n) is 20.8. The maximum absolute atomic E-state index is 6.69. The van der Waals surface area contributed by atoms with Gasteiger partial charge in [-0.3, -0.25) is 0 Å². The number of anilines is 3. The van der Waals surface area contributed by atoms with Crippen LogP contribution >= 0.6 is 0 Å². The fraction of sp³-hybridized carbons (Fsp3) is 0. The van der Waals surface area contributed by atoms with Crippen LogP contribution in [-0.2, 0) is 0 Å². The summed E-state index contributed by atoms with van der Waals surface area (Å²) in [5.41, 5.74) is 15.4. The van der Waals surface area contributed by atoms with Crippen molar-refractivity contribution in [1.29, 1.82) is 0 Å². The molecule has 3 heteroatoms. The van der Waals surface area contributed by atoms with E-state index in [1.165, 1.54) is 60.4 Å². The van der Waals surface area contributed by atoms with Crippen molar-refractivity contribution in [2.24, 2.45) is 0 Å². The fourth-order valence-electron chi connectivity index (χ4n) is 9.36. The Morgan fingerprint density at radius 1 is 0.328 bits per heavy atom. The second-order valence-corrected chi connectivity index (χ2v) is 15.7. The number of benzene rings is 10. The fourth-order valence-corrected chi connectivity index (χ4v) is 9.36. The Bertz CT molecular complexity index is 3520. The van der Waals surface area contributed by atoms with Gasteiger partial charge in [-0.15, -0.1) is 0 Å². The van der Waals surface area contributed by atoms with Crippen LogP contribution in [0.3, 0.4) is 0 Å². The van der Waals surface area contributed by atoms with Crippen molar-refractivity contribution in [3.63, 3.8) is 0 Å². The molecule has 0 radical (unpaired) electrons. The number of nitrogens with zero attached hydrogens (tertiary/aromatic N) is 2. The normalized spacial score (nSPS) is 11.6. The molecule has 61 heavy (non-hydrogen) atoms. The summed E-state index contributed by atoms with van der Waals surface area (Å²) in [6.07, 6.45) is 0.